The average molecular weight is 285 g/mol. The summed E-state index contributed by atoms with van der Waals surface area (Å²) in [6, 6.07) is 10.2. The van der Waals surface area contributed by atoms with Gasteiger partial charge < -0.3 is 4.90 Å². The fourth-order valence-electron chi connectivity index (χ4n) is 2.73. The Morgan fingerprint density at radius 2 is 1.81 bits per heavy atom. The van der Waals surface area contributed by atoms with Crippen LogP contribution in [0.4, 0.5) is 0 Å². The molecule has 1 saturated heterocycles. The molecule has 21 heavy (non-hydrogen) atoms. The number of amides is 1. The molecule has 1 aliphatic rings. The Labute approximate surface area is 127 Å². The van der Waals surface area contributed by atoms with Crippen molar-refractivity contribution in [2.24, 2.45) is 0 Å². The molecule has 0 spiro atoms. The monoisotopic (exact) mass is 285 g/mol. The molecular weight excluding hydrogens is 262 g/mol. The average Bonchev–Trinajstić information content (AvgIpc) is 2.56. The highest BCUT2D eigenvalue weighted by Gasteiger charge is 2.25. The summed E-state index contributed by atoms with van der Waals surface area (Å²) in [4.78, 5) is 16.5. The second kappa shape index (κ2) is 7.24. The summed E-state index contributed by atoms with van der Waals surface area (Å²) in [5, 5.41) is 9.11. The van der Waals surface area contributed by atoms with Crippen molar-refractivity contribution in [3.8, 4) is 6.07 Å². The number of piperazine rings is 1. The largest absolute Gasteiger partial charge is 0.336 e. The van der Waals surface area contributed by atoms with E-state index < -0.39 is 0 Å². The van der Waals surface area contributed by atoms with Crippen molar-refractivity contribution in [3.63, 3.8) is 0 Å². The maximum absolute atomic E-state index is 12.5. The minimum Gasteiger partial charge on any atom is -0.336 e. The van der Waals surface area contributed by atoms with Crippen molar-refractivity contribution >= 4 is 5.91 Å². The highest BCUT2D eigenvalue weighted by Crippen LogP contribution is 2.13. The van der Waals surface area contributed by atoms with Crippen molar-refractivity contribution in [2.45, 2.75) is 32.7 Å². The van der Waals surface area contributed by atoms with Crippen LogP contribution in [-0.4, -0.2) is 47.9 Å². The van der Waals surface area contributed by atoms with E-state index in [2.05, 4.69) is 17.9 Å². The first-order chi connectivity index (χ1) is 10.2. The molecule has 1 unspecified atom stereocenters. The molecule has 1 aliphatic heterocycles. The zero-order valence-electron chi connectivity index (χ0n) is 12.9. The lowest BCUT2D eigenvalue weighted by atomic mass is 10.1. The molecule has 1 fully saturated rings. The van der Waals surface area contributed by atoms with E-state index in [1.54, 1.807) is 0 Å². The molecule has 0 aromatic heterocycles. The van der Waals surface area contributed by atoms with E-state index in [-0.39, 0.29) is 11.9 Å². The van der Waals surface area contributed by atoms with E-state index in [1.165, 1.54) is 5.56 Å². The number of aryl methyl sites for hydroxylation is 1. The first kappa shape index (κ1) is 15.5. The third-order valence-corrected chi connectivity index (χ3v) is 4.19. The zero-order chi connectivity index (χ0) is 15.2. The zero-order valence-corrected chi connectivity index (χ0v) is 12.9. The number of carbonyl (C=O) groups excluding carboxylic acids is 1. The van der Waals surface area contributed by atoms with Gasteiger partial charge in [-0.1, -0.05) is 26.0 Å². The van der Waals surface area contributed by atoms with Crippen LogP contribution in [-0.2, 0) is 6.42 Å². The Balaban J connectivity index is 1.95. The van der Waals surface area contributed by atoms with Gasteiger partial charge in [0.05, 0.1) is 12.1 Å². The summed E-state index contributed by atoms with van der Waals surface area (Å²) >= 11 is 0. The number of benzene rings is 1. The maximum atomic E-state index is 12.5. The van der Waals surface area contributed by atoms with Crippen LogP contribution < -0.4 is 0 Å². The van der Waals surface area contributed by atoms with Crippen molar-refractivity contribution in [3.05, 3.63) is 35.4 Å². The molecular formula is C17H23N3O. The number of rotatable bonds is 4. The Kier molecular flexibility index (Phi) is 5.35. The predicted molar refractivity (Wildman–Crippen MR) is 83.0 cm³/mol. The summed E-state index contributed by atoms with van der Waals surface area (Å²) in [6.45, 7) is 7.10. The van der Waals surface area contributed by atoms with E-state index in [9.17, 15) is 4.79 Å². The minimum absolute atomic E-state index is 0.0221. The van der Waals surface area contributed by atoms with Gasteiger partial charge in [0, 0.05) is 31.7 Å². The van der Waals surface area contributed by atoms with E-state index in [4.69, 9.17) is 5.26 Å². The van der Waals surface area contributed by atoms with Gasteiger partial charge >= 0.3 is 0 Å². The van der Waals surface area contributed by atoms with Crippen LogP contribution in [0.1, 0.15) is 36.2 Å². The van der Waals surface area contributed by atoms with Gasteiger partial charge in [-0.25, -0.2) is 0 Å². The Bertz CT molecular complexity index is 510. The van der Waals surface area contributed by atoms with E-state index >= 15 is 0 Å². The van der Waals surface area contributed by atoms with Crippen molar-refractivity contribution in [1.29, 1.82) is 5.26 Å². The van der Waals surface area contributed by atoms with Gasteiger partial charge in [0.1, 0.15) is 0 Å². The highest BCUT2D eigenvalue weighted by atomic mass is 16.2. The predicted octanol–water partition coefficient (Wildman–Crippen LogP) is 2.31. The summed E-state index contributed by atoms with van der Waals surface area (Å²) in [7, 11) is 0. The highest BCUT2D eigenvalue weighted by molar-refractivity contribution is 5.94. The van der Waals surface area contributed by atoms with E-state index in [0.717, 1.165) is 31.5 Å². The quantitative estimate of drug-likeness (QED) is 0.853. The lowest BCUT2D eigenvalue weighted by Gasteiger charge is -2.36. The van der Waals surface area contributed by atoms with Crippen LogP contribution in [0.15, 0.2) is 24.3 Å². The van der Waals surface area contributed by atoms with Gasteiger partial charge in [-0.2, -0.15) is 5.26 Å². The number of nitrogens with zero attached hydrogens (tertiary/aromatic N) is 3. The molecule has 2 rings (SSSR count). The smallest absolute Gasteiger partial charge is 0.253 e. The van der Waals surface area contributed by atoms with Gasteiger partial charge in [-0.15, -0.1) is 0 Å². The Morgan fingerprint density at radius 3 is 2.29 bits per heavy atom. The van der Waals surface area contributed by atoms with Crippen molar-refractivity contribution < 1.29 is 4.79 Å². The Morgan fingerprint density at radius 1 is 1.19 bits per heavy atom. The fourth-order valence-corrected chi connectivity index (χ4v) is 2.73. The summed E-state index contributed by atoms with van der Waals surface area (Å²) in [6.07, 6.45) is 1.82. The summed E-state index contributed by atoms with van der Waals surface area (Å²) in [5.74, 6) is 0.0994. The van der Waals surface area contributed by atoms with Gasteiger partial charge in [0.25, 0.3) is 5.91 Å². The lowest BCUT2D eigenvalue weighted by Crippen LogP contribution is -2.51. The number of nitriles is 1. The van der Waals surface area contributed by atoms with Crippen LogP contribution >= 0.6 is 0 Å². The van der Waals surface area contributed by atoms with Crippen LogP contribution in [0.2, 0.25) is 0 Å². The maximum Gasteiger partial charge on any atom is 0.253 e. The standard InChI is InChI=1S/C17H23N3O/c1-3-14-5-7-15(8-6-14)17(21)20-11-9-19(10-12-20)16(4-2)13-18/h5-8,16H,3-4,9-12H2,1-2H3. The topological polar surface area (TPSA) is 47.3 Å². The van der Waals surface area contributed by atoms with Crippen LogP contribution in [0.3, 0.4) is 0 Å². The summed E-state index contributed by atoms with van der Waals surface area (Å²) < 4.78 is 0. The normalized spacial score (nSPS) is 17.3. The lowest BCUT2D eigenvalue weighted by molar-refractivity contribution is 0.0604. The van der Waals surface area contributed by atoms with Crippen LogP contribution in [0.5, 0.6) is 0 Å². The molecule has 112 valence electrons. The first-order valence-electron chi connectivity index (χ1n) is 7.71. The number of hydrogen-bond donors (Lipinski definition) is 0. The molecule has 4 heteroatoms. The molecule has 0 saturated carbocycles. The molecule has 1 amide bonds. The van der Waals surface area contributed by atoms with Gasteiger partial charge in [-0.05, 0) is 30.5 Å². The number of carbonyl (C=O) groups is 1. The molecule has 0 radical (unpaired) electrons. The van der Waals surface area contributed by atoms with Crippen molar-refractivity contribution in [1.82, 2.24) is 9.80 Å². The van der Waals surface area contributed by atoms with Crippen LogP contribution in [0.25, 0.3) is 0 Å². The SMILES string of the molecule is CCc1ccc(C(=O)N2CCN(C(C#N)CC)CC2)cc1. The second-order valence-corrected chi connectivity index (χ2v) is 5.43. The van der Waals surface area contributed by atoms with Gasteiger partial charge in [0.2, 0.25) is 0 Å². The Hall–Kier alpha value is -1.86. The molecule has 1 atom stereocenters. The third-order valence-electron chi connectivity index (χ3n) is 4.19. The molecule has 1 aromatic rings. The molecule has 0 aliphatic carbocycles. The van der Waals surface area contributed by atoms with Gasteiger partial charge in [0.15, 0.2) is 0 Å². The van der Waals surface area contributed by atoms with E-state index in [0.29, 0.717) is 13.1 Å². The fraction of sp³-hybridized carbons (Fsp3) is 0.529. The first-order valence-corrected chi connectivity index (χ1v) is 7.71. The molecule has 0 N–H and O–H groups in total. The van der Waals surface area contributed by atoms with Crippen molar-refractivity contribution in [2.75, 3.05) is 26.2 Å². The molecule has 4 nitrogen and oxygen atoms in total. The third kappa shape index (κ3) is 3.62. The minimum atomic E-state index is -0.0221. The van der Waals surface area contributed by atoms with E-state index in [1.807, 2.05) is 36.1 Å². The molecule has 1 heterocycles. The van der Waals surface area contributed by atoms with Crippen LogP contribution in [0, 0.1) is 11.3 Å². The molecule has 1 aromatic carbocycles. The van der Waals surface area contributed by atoms with Gasteiger partial charge in [-0.3, -0.25) is 9.69 Å². The number of hydrogen-bond acceptors (Lipinski definition) is 3. The summed E-state index contributed by atoms with van der Waals surface area (Å²) in [5.41, 5.74) is 2.00. The molecule has 0 bridgehead atoms. The second-order valence-electron chi connectivity index (χ2n) is 5.43.